The van der Waals surface area contributed by atoms with Crippen molar-refractivity contribution < 1.29 is 17.9 Å². The molecule has 1 heterocycles. The lowest BCUT2D eigenvalue weighted by Crippen LogP contribution is -2.06. The molecule has 2 nitrogen and oxygen atoms in total. The van der Waals surface area contributed by atoms with Crippen molar-refractivity contribution in [1.82, 2.24) is 4.98 Å². The van der Waals surface area contributed by atoms with E-state index in [1.54, 1.807) is 24.4 Å². The third-order valence-corrected chi connectivity index (χ3v) is 2.97. The Hall–Kier alpha value is -1.56. The summed E-state index contributed by atoms with van der Waals surface area (Å²) in [5.41, 5.74) is -0.232. The zero-order valence-corrected chi connectivity index (χ0v) is 11.2. The van der Waals surface area contributed by atoms with E-state index in [-0.39, 0.29) is 6.61 Å². The van der Waals surface area contributed by atoms with Crippen molar-refractivity contribution in [1.29, 1.82) is 0 Å². The van der Waals surface area contributed by atoms with Crippen molar-refractivity contribution >= 4 is 15.9 Å². The second-order valence-electron chi connectivity index (χ2n) is 3.78. The molecule has 2 aromatic rings. The van der Waals surface area contributed by atoms with Gasteiger partial charge in [0.05, 0.1) is 5.56 Å². The van der Waals surface area contributed by atoms with Gasteiger partial charge in [0.25, 0.3) is 0 Å². The number of halogens is 4. The van der Waals surface area contributed by atoms with Crippen molar-refractivity contribution in [3.63, 3.8) is 0 Å². The Bertz CT molecular complexity index is 572. The molecule has 0 aliphatic rings. The lowest BCUT2D eigenvalue weighted by atomic mass is 10.1. The van der Waals surface area contributed by atoms with Crippen LogP contribution in [0, 0.1) is 0 Å². The normalized spacial score (nSPS) is 11.4. The monoisotopic (exact) mass is 331 g/mol. The summed E-state index contributed by atoms with van der Waals surface area (Å²) in [6.45, 7) is 0.0498. The Kier molecular flexibility index (Phi) is 4.09. The number of hydrogen-bond acceptors (Lipinski definition) is 2. The van der Waals surface area contributed by atoms with E-state index < -0.39 is 11.7 Å². The van der Waals surface area contributed by atoms with E-state index in [9.17, 15) is 13.2 Å². The average Bonchev–Trinajstić information content (AvgIpc) is 2.37. The van der Waals surface area contributed by atoms with Crippen LogP contribution in [0.2, 0.25) is 0 Å². The standard InChI is InChI=1S/C13H9BrF3NO/c14-12-11(5-2-6-18-12)19-8-9-3-1-4-10(7-9)13(15,16)17/h1-7H,8H2. The number of nitrogens with zero attached hydrogens (tertiary/aromatic N) is 1. The first-order valence-electron chi connectivity index (χ1n) is 5.36. The largest absolute Gasteiger partial charge is 0.486 e. The van der Waals surface area contributed by atoms with Crippen molar-refractivity contribution in [3.8, 4) is 5.75 Å². The van der Waals surface area contributed by atoms with Crippen LogP contribution in [0.25, 0.3) is 0 Å². The van der Waals surface area contributed by atoms with E-state index in [4.69, 9.17) is 4.74 Å². The summed E-state index contributed by atoms with van der Waals surface area (Å²) in [7, 11) is 0. The molecule has 0 bridgehead atoms. The minimum atomic E-state index is -4.34. The van der Waals surface area contributed by atoms with Gasteiger partial charge in [0, 0.05) is 6.20 Å². The van der Waals surface area contributed by atoms with Crippen molar-refractivity contribution in [2.45, 2.75) is 12.8 Å². The molecule has 100 valence electrons. The molecule has 0 unspecified atom stereocenters. The topological polar surface area (TPSA) is 22.1 Å². The van der Waals surface area contributed by atoms with Crippen molar-refractivity contribution in [3.05, 3.63) is 58.3 Å². The lowest BCUT2D eigenvalue weighted by Gasteiger charge is -2.10. The Balaban J connectivity index is 2.10. The van der Waals surface area contributed by atoms with Gasteiger partial charge in [-0.2, -0.15) is 13.2 Å². The Morgan fingerprint density at radius 2 is 1.95 bits per heavy atom. The summed E-state index contributed by atoms with van der Waals surface area (Å²) in [6, 6.07) is 8.42. The molecule has 2 rings (SSSR count). The summed E-state index contributed by atoms with van der Waals surface area (Å²) in [4.78, 5) is 3.96. The van der Waals surface area contributed by atoms with E-state index in [1.807, 2.05) is 0 Å². The first-order chi connectivity index (χ1) is 8.97. The molecule has 0 N–H and O–H groups in total. The number of rotatable bonds is 3. The molecule has 0 fully saturated rings. The van der Waals surface area contributed by atoms with Gasteiger partial charge < -0.3 is 4.74 Å². The number of hydrogen-bond donors (Lipinski definition) is 0. The van der Waals surface area contributed by atoms with Crippen LogP contribution >= 0.6 is 15.9 Å². The SMILES string of the molecule is FC(F)(F)c1cccc(COc2cccnc2Br)c1. The van der Waals surface area contributed by atoms with Crippen LogP contribution in [0.1, 0.15) is 11.1 Å². The predicted molar refractivity (Wildman–Crippen MR) is 67.7 cm³/mol. The van der Waals surface area contributed by atoms with E-state index in [1.165, 1.54) is 6.07 Å². The van der Waals surface area contributed by atoms with Crippen LogP contribution in [-0.4, -0.2) is 4.98 Å². The third-order valence-electron chi connectivity index (χ3n) is 2.37. The molecule has 0 radical (unpaired) electrons. The van der Waals surface area contributed by atoms with Crippen molar-refractivity contribution in [2.75, 3.05) is 0 Å². The summed E-state index contributed by atoms with van der Waals surface area (Å²) in [5.74, 6) is 0.486. The fraction of sp³-hybridized carbons (Fsp3) is 0.154. The van der Waals surface area contributed by atoms with Gasteiger partial charge in [-0.25, -0.2) is 4.98 Å². The molecule has 0 amide bonds. The minimum Gasteiger partial charge on any atom is -0.486 e. The number of pyridine rings is 1. The predicted octanol–water partition coefficient (Wildman–Crippen LogP) is 4.44. The molecule has 0 aliphatic heterocycles. The van der Waals surface area contributed by atoms with Crippen LogP contribution in [0.5, 0.6) is 5.75 Å². The van der Waals surface area contributed by atoms with Gasteiger partial charge >= 0.3 is 6.18 Å². The molecule has 1 aromatic carbocycles. The smallest absolute Gasteiger partial charge is 0.416 e. The molecule has 1 aromatic heterocycles. The van der Waals surface area contributed by atoms with Gasteiger partial charge in [0.1, 0.15) is 11.2 Å². The van der Waals surface area contributed by atoms with Gasteiger partial charge in [-0.3, -0.25) is 0 Å². The van der Waals surface area contributed by atoms with Crippen molar-refractivity contribution in [2.24, 2.45) is 0 Å². The number of ether oxygens (including phenoxy) is 1. The molecular formula is C13H9BrF3NO. The number of aromatic nitrogens is 1. The molecule has 0 aliphatic carbocycles. The second-order valence-corrected chi connectivity index (χ2v) is 4.53. The second kappa shape index (κ2) is 5.61. The van der Waals surface area contributed by atoms with Crippen LogP contribution in [0.3, 0.4) is 0 Å². The first-order valence-corrected chi connectivity index (χ1v) is 6.15. The van der Waals surface area contributed by atoms with Crippen LogP contribution in [0.4, 0.5) is 13.2 Å². The quantitative estimate of drug-likeness (QED) is 0.775. The maximum Gasteiger partial charge on any atom is 0.416 e. The molecule has 0 saturated carbocycles. The Morgan fingerprint density at radius 3 is 2.63 bits per heavy atom. The van der Waals surface area contributed by atoms with Crippen LogP contribution in [0.15, 0.2) is 47.2 Å². The summed E-state index contributed by atoms with van der Waals surface area (Å²) < 4.78 is 43.5. The number of alkyl halides is 3. The molecular weight excluding hydrogens is 323 g/mol. The highest BCUT2D eigenvalue weighted by Gasteiger charge is 2.30. The zero-order valence-electron chi connectivity index (χ0n) is 9.62. The van der Waals surface area contributed by atoms with Gasteiger partial charge in [-0.1, -0.05) is 12.1 Å². The van der Waals surface area contributed by atoms with E-state index in [0.29, 0.717) is 15.9 Å². The molecule has 0 saturated heterocycles. The number of benzene rings is 1. The average molecular weight is 332 g/mol. The van der Waals surface area contributed by atoms with Crippen LogP contribution in [-0.2, 0) is 12.8 Å². The highest BCUT2D eigenvalue weighted by Crippen LogP contribution is 2.30. The maximum absolute atomic E-state index is 12.5. The highest BCUT2D eigenvalue weighted by atomic mass is 79.9. The van der Waals surface area contributed by atoms with Gasteiger partial charge in [0.2, 0.25) is 0 Å². The fourth-order valence-corrected chi connectivity index (χ4v) is 1.84. The van der Waals surface area contributed by atoms with E-state index >= 15 is 0 Å². The summed E-state index contributed by atoms with van der Waals surface area (Å²) in [5, 5.41) is 0. The lowest BCUT2D eigenvalue weighted by molar-refractivity contribution is -0.137. The highest BCUT2D eigenvalue weighted by molar-refractivity contribution is 9.10. The fourth-order valence-electron chi connectivity index (χ4n) is 1.48. The maximum atomic E-state index is 12.5. The minimum absolute atomic E-state index is 0.0498. The van der Waals surface area contributed by atoms with Gasteiger partial charge in [0.15, 0.2) is 5.75 Å². The van der Waals surface area contributed by atoms with E-state index in [2.05, 4.69) is 20.9 Å². The van der Waals surface area contributed by atoms with Gasteiger partial charge in [-0.15, -0.1) is 0 Å². The summed E-state index contributed by atoms with van der Waals surface area (Å²) >= 11 is 3.20. The zero-order chi connectivity index (χ0) is 13.9. The Labute approximate surface area is 116 Å². The molecule has 6 heteroatoms. The van der Waals surface area contributed by atoms with Gasteiger partial charge in [-0.05, 0) is 45.8 Å². The van der Waals surface area contributed by atoms with E-state index in [0.717, 1.165) is 12.1 Å². The molecule has 19 heavy (non-hydrogen) atoms. The Morgan fingerprint density at radius 1 is 1.16 bits per heavy atom. The first kappa shape index (κ1) is 13.9. The summed E-state index contributed by atoms with van der Waals surface area (Å²) in [6.07, 6.45) is -2.76. The third kappa shape index (κ3) is 3.70. The van der Waals surface area contributed by atoms with Crippen LogP contribution < -0.4 is 4.74 Å². The molecule has 0 spiro atoms. The molecule has 0 atom stereocenters.